The van der Waals surface area contributed by atoms with Crippen molar-refractivity contribution in [3.8, 4) is 17.6 Å². The number of benzene rings is 2. The first kappa shape index (κ1) is 13.4. The maximum atomic E-state index is 11.0. The molecule has 0 heterocycles. The molecule has 0 unspecified atom stereocenters. The van der Waals surface area contributed by atoms with E-state index in [2.05, 4.69) is 0 Å². The van der Waals surface area contributed by atoms with E-state index in [1.165, 1.54) is 18.2 Å². The molecule has 2 aromatic rings. The quantitative estimate of drug-likeness (QED) is 0.523. The number of nitriles is 1. The Balaban J connectivity index is 2.43. The summed E-state index contributed by atoms with van der Waals surface area (Å²) in [7, 11) is 0. The van der Waals surface area contributed by atoms with Crippen LogP contribution in [0.15, 0.2) is 36.4 Å². The topological polar surface area (TPSA) is 102 Å². The van der Waals surface area contributed by atoms with Crippen LogP contribution < -0.4 is 10.5 Å². The number of anilines is 1. The number of rotatable bonds is 3. The van der Waals surface area contributed by atoms with Crippen molar-refractivity contribution in [2.24, 2.45) is 0 Å². The molecule has 0 aliphatic heterocycles. The van der Waals surface area contributed by atoms with Crippen LogP contribution in [0.2, 0.25) is 0 Å². The van der Waals surface area contributed by atoms with E-state index in [9.17, 15) is 10.1 Å². The Labute approximate surface area is 115 Å². The van der Waals surface area contributed by atoms with Gasteiger partial charge in [-0.25, -0.2) is 0 Å². The Morgan fingerprint density at radius 1 is 1.25 bits per heavy atom. The van der Waals surface area contributed by atoms with Gasteiger partial charge >= 0.3 is 5.69 Å². The van der Waals surface area contributed by atoms with Gasteiger partial charge in [-0.15, -0.1) is 0 Å². The Hall–Kier alpha value is -3.07. The number of nitrogens with zero attached hydrogens (tertiary/aromatic N) is 2. The van der Waals surface area contributed by atoms with Crippen LogP contribution >= 0.6 is 0 Å². The van der Waals surface area contributed by atoms with Gasteiger partial charge in [-0.2, -0.15) is 5.26 Å². The molecule has 0 spiro atoms. The second-order valence-corrected chi connectivity index (χ2v) is 4.18. The highest BCUT2D eigenvalue weighted by molar-refractivity contribution is 5.55. The summed E-state index contributed by atoms with van der Waals surface area (Å²) in [5.41, 5.74) is 6.95. The van der Waals surface area contributed by atoms with Crippen LogP contribution in [0.1, 0.15) is 11.1 Å². The molecule has 0 bridgehead atoms. The molecule has 0 amide bonds. The van der Waals surface area contributed by atoms with Crippen molar-refractivity contribution >= 4 is 11.4 Å². The molecular weight excluding hydrogens is 258 g/mol. The van der Waals surface area contributed by atoms with E-state index in [0.717, 1.165) is 5.56 Å². The Bertz CT molecular complexity index is 720. The molecule has 0 radical (unpaired) electrons. The van der Waals surface area contributed by atoms with Crippen molar-refractivity contribution in [2.45, 2.75) is 6.92 Å². The number of nitrogen functional groups attached to an aromatic ring is 1. The van der Waals surface area contributed by atoms with Gasteiger partial charge in [0.1, 0.15) is 5.75 Å². The predicted octanol–water partition coefficient (Wildman–Crippen LogP) is 3.15. The van der Waals surface area contributed by atoms with E-state index in [0.29, 0.717) is 11.4 Å². The Morgan fingerprint density at radius 2 is 1.95 bits per heavy atom. The van der Waals surface area contributed by atoms with Crippen molar-refractivity contribution in [1.82, 2.24) is 0 Å². The summed E-state index contributed by atoms with van der Waals surface area (Å²) in [4.78, 5) is 10.4. The Kier molecular flexibility index (Phi) is 3.53. The van der Waals surface area contributed by atoms with Gasteiger partial charge < -0.3 is 10.5 Å². The number of hydrogen-bond acceptors (Lipinski definition) is 5. The Morgan fingerprint density at radius 3 is 2.55 bits per heavy atom. The summed E-state index contributed by atoms with van der Waals surface area (Å²) in [6.45, 7) is 1.79. The maximum Gasteiger partial charge on any atom is 0.312 e. The van der Waals surface area contributed by atoms with E-state index >= 15 is 0 Å². The molecule has 2 aromatic carbocycles. The first-order valence-corrected chi connectivity index (χ1v) is 5.74. The van der Waals surface area contributed by atoms with Crippen LogP contribution in [-0.2, 0) is 0 Å². The third kappa shape index (κ3) is 2.67. The van der Waals surface area contributed by atoms with Crippen molar-refractivity contribution in [3.05, 3.63) is 57.6 Å². The lowest BCUT2D eigenvalue weighted by Crippen LogP contribution is -1.96. The number of nitro groups is 1. The first-order valence-electron chi connectivity index (χ1n) is 5.74. The molecule has 0 atom stereocenters. The van der Waals surface area contributed by atoms with Gasteiger partial charge in [0.2, 0.25) is 5.75 Å². The zero-order valence-corrected chi connectivity index (χ0v) is 10.7. The number of aryl methyl sites for hydroxylation is 1. The summed E-state index contributed by atoms with van der Waals surface area (Å²) >= 11 is 0. The van der Waals surface area contributed by atoms with Crippen LogP contribution in [0.5, 0.6) is 11.5 Å². The van der Waals surface area contributed by atoms with Crippen molar-refractivity contribution in [3.63, 3.8) is 0 Å². The summed E-state index contributed by atoms with van der Waals surface area (Å²) in [5, 5.41) is 19.8. The molecular formula is C14H11N3O3. The normalized spacial score (nSPS) is 9.80. The van der Waals surface area contributed by atoms with Crippen LogP contribution in [0.4, 0.5) is 11.4 Å². The van der Waals surface area contributed by atoms with E-state index < -0.39 is 4.92 Å². The molecule has 0 aromatic heterocycles. The second-order valence-electron chi connectivity index (χ2n) is 4.18. The molecule has 6 heteroatoms. The van der Waals surface area contributed by atoms with Gasteiger partial charge in [0.05, 0.1) is 16.6 Å². The third-order valence-electron chi connectivity index (χ3n) is 2.70. The van der Waals surface area contributed by atoms with E-state index in [1.54, 1.807) is 25.1 Å². The van der Waals surface area contributed by atoms with Crippen LogP contribution in [-0.4, -0.2) is 4.92 Å². The summed E-state index contributed by atoms with van der Waals surface area (Å²) in [5.74, 6) is 0.564. The van der Waals surface area contributed by atoms with Crippen molar-refractivity contribution in [1.29, 1.82) is 5.26 Å². The third-order valence-corrected chi connectivity index (χ3v) is 2.70. The minimum absolute atomic E-state index is 0.0851. The van der Waals surface area contributed by atoms with E-state index in [4.69, 9.17) is 15.7 Å². The van der Waals surface area contributed by atoms with Gasteiger partial charge in [-0.3, -0.25) is 10.1 Å². The fourth-order valence-corrected chi connectivity index (χ4v) is 1.72. The summed E-state index contributed by atoms with van der Waals surface area (Å²) in [6.07, 6.45) is 0. The highest BCUT2D eigenvalue weighted by Gasteiger charge is 2.17. The zero-order chi connectivity index (χ0) is 14.7. The lowest BCUT2D eigenvalue weighted by molar-refractivity contribution is -0.385. The van der Waals surface area contributed by atoms with Gasteiger partial charge in [0.25, 0.3) is 0 Å². The summed E-state index contributed by atoms with van der Waals surface area (Å²) < 4.78 is 5.55. The van der Waals surface area contributed by atoms with E-state index in [-0.39, 0.29) is 17.0 Å². The molecule has 0 saturated heterocycles. The number of nitrogens with two attached hydrogens (primary N) is 1. The highest BCUT2D eigenvalue weighted by Crippen LogP contribution is 2.33. The first-order chi connectivity index (χ1) is 9.51. The van der Waals surface area contributed by atoms with Gasteiger partial charge in [0.15, 0.2) is 0 Å². The number of hydrogen-bond donors (Lipinski definition) is 1. The minimum Gasteiger partial charge on any atom is -0.450 e. The van der Waals surface area contributed by atoms with E-state index in [1.807, 2.05) is 6.07 Å². The van der Waals surface area contributed by atoms with Crippen LogP contribution in [0.3, 0.4) is 0 Å². The molecule has 0 fully saturated rings. The molecule has 2 rings (SSSR count). The average Bonchev–Trinajstić information content (AvgIpc) is 2.42. The van der Waals surface area contributed by atoms with Crippen molar-refractivity contribution < 1.29 is 9.66 Å². The largest absolute Gasteiger partial charge is 0.450 e. The zero-order valence-electron chi connectivity index (χ0n) is 10.7. The maximum absolute atomic E-state index is 11.0. The number of ether oxygens (including phenoxy) is 1. The standard InChI is InChI=1S/C14H11N3O3/c1-9-6-11(16)3-5-13(9)20-14-4-2-10(8-15)7-12(14)17(18)19/h2-7H,16H2,1H3. The SMILES string of the molecule is Cc1cc(N)ccc1Oc1ccc(C#N)cc1[N+](=O)[O-]. The summed E-state index contributed by atoms with van der Waals surface area (Å²) in [6, 6.07) is 10.9. The molecule has 100 valence electrons. The molecule has 6 nitrogen and oxygen atoms in total. The lowest BCUT2D eigenvalue weighted by atomic mass is 10.2. The van der Waals surface area contributed by atoms with Gasteiger partial charge in [-0.05, 0) is 42.8 Å². The molecule has 2 N–H and O–H groups in total. The lowest BCUT2D eigenvalue weighted by Gasteiger charge is -2.09. The fraction of sp³-hybridized carbons (Fsp3) is 0.0714. The van der Waals surface area contributed by atoms with Crippen LogP contribution in [0, 0.1) is 28.4 Å². The van der Waals surface area contributed by atoms with Crippen molar-refractivity contribution in [2.75, 3.05) is 5.73 Å². The van der Waals surface area contributed by atoms with Crippen LogP contribution in [0.25, 0.3) is 0 Å². The molecule has 20 heavy (non-hydrogen) atoms. The second kappa shape index (κ2) is 5.28. The average molecular weight is 269 g/mol. The monoisotopic (exact) mass is 269 g/mol. The molecule has 0 aliphatic rings. The smallest absolute Gasteiger partial charge is 0.312 e. The fourth-order valence-electron chi connectivity index (χ4n) is 1.72. The van der Waals surface area contributed by atoms with Gasteiger partial charge in [-0.1, -0.05) is 0 Å². The highest BCUT2D eigenvalue weighted by atomic mass is 16.6. The molecule has 0 aliphatic carbocycles. The predicted molar refractivity (Wildman–Crippen MR) is 73.5 cm³/mol. The van der Waals surface area contributed by atoms with Gasteiger partial charge in [0, 0.05) is 11.8 Å². The number of nitro benzene ring substituents is 1. The minimum atomic E-state index is -0.581. The molecule has 0 saturated carbocycles.